The van der Waals surface area contributed by atoms with E-state index in [-0.39, 0.29) is 5.54 Å². The summed E-state index contributed by atoms with van der Waals surface area (Å²) in [5, 5.41) is 12.3. The van der Waals surface area contributed by atoms with Gasteiger partial charge in [0.1, 0.15) is 5.54 Å². The Labute approximate surface area is 92.5 Å². The van der Waals surface area contributed by atoms with Crippen LogP contribution in [0, 0.1) is 11.3 Å². The lowest BCUT2D eigenvalue weighted by Crippen LogP contribution is -2.43. The van der Waals surface area contributed by atoms with Gasteiger partial charge in [0.25, 0.3) is 0 Å². The summed E-state index contributed by atoms with van der Waals surface area (Å²) in [5.41, 5.74) is -0.339. The molecule has 0 rings (SSSR count). The van der Waals surface area contributed by atoms with E-state index in [0.29, 0.717) is 0 Å². The van der Waals surface area contributed by atoms with Gasteiger partial charge in [0, 0.05) is 5.75 Å². The standard InChI is InChI=1S/C11H22N2S/c1-4-6-8-14-10-11(3,9-12)13-7-5-2/h13H,4-8,10H2,1-3H3. The fourth-order valence-electron chi connectivity index (χ4n) is 1.05. The molecule has 0 aliphatic heterocycles. The highest BCUT2D eigenvalue weighted by molar-refractivity contribution is 7.99. The van der Waals surface area contributed by atoms with Gasteiger partial charge in [-0.3, -0.25) is 5.32 Å². The monoisotopic (exact) mass is 214 g/mol. The summed E-state index contributed by atoms with van der Waals surface area (Å²) in [6.45, 7) is 7.23. The second kappa shape index (κ2) is 8.14. The SMILES string of the molecule is CCCCSCC(C)(C#N)NCCC. The van der Waals surface area contributed by atoms with Crippen LogP contribution < -0.4 is 5.32 Å². The van der Waals surface area contributed by atoms with Gasteiger partial charge in [0.2, 0.25) is 0 Å². The molecule has 0 aliphatic carbocycles. The van der Waals surface area contributed by atoms with Crippen LogP contribution in [-0.2, 0) is 0 Å². The maximum Gasteiger partial charge on any atom is 0.113 e. The highest BCUT2D eigenvalue weighted by Gasteiger charge is 2.21. The fourth-order valence-corrected chi connectivity index (χ4v) is 2.26. The first-order chi connectivity index (χ1) is 6.68. The van der Waals surface area contributed by atoms with Crippen LogP contribution in [0.2, 0.25) is 0 Å². The summed E-state index contributed by atoms with van der Waals surface area (Å²) in [5.74, 6) is 2.06. The van der Waals surface area contributed by atoms with Crippen molar-refractivity contribution in [3.63, 3.8) is 0 Å². The first kappa shape index (κ1) is 13.8. The minimum atomic E-state index is -0.339. The van der Waals surface area contributed by atoms with E-state index in [1.54, 1.807) is 0 Å². The molecule has 2 nitrogen and oxygen atoms in total. The number of unbranched alkanes of at least 4 members (excludes halogenated alkanes) is 1. The summed E-state index contributed by atoms with van der Waals surface area (Å²) < 4.78 is 0. The van der Waals surface area contributed by atoms with Crippen LogP contribution in [0.3, 0.4) is 0 Å². The highest BCUT2D eigenvalue weighted by atomic mass is 32.2. The van der Waals surface area contributed by atoms with E-state index in [9.17, 15) is 0 Å². The van der Waals surface area contributed by atoms with Crippen LogP contribution in [0.4, 0.5) is 0 Å². The zero-order valence-electron chi connectivity index (χ0n) is 9.60. The molecule has 14 heavy (non-hydrogen) atoms. The Bertz CT molecular complexity index is 177. The van der Waals surface area contributed by atoms with Gasteiger partial charge in [-0.2, -0.15) is 17.0 Å². The predicted molar refractivity (Wildman–Crippen MR) is 64.5 cm³/mol. The van der Waals surface area contributed by atoms with Gasteiger partial charge < -0.3 is 0 Å². The van der Waals surface area contributed by atoms with Crippen molar-refractivity contribution in [2.45, 2.75) is 45.6 Å². The van der Waals surface area contributed by atoms with Gasteiger partial charge in [-0.1, -0.05) is 20.3 Å². The normalized spacial score (nSPS) is 14.7. The van der Waals surface area contributed by atoms with Gasteiger partial charge in [-0.15, -0.1) is 0 Å². The topological polar surface area (TPSA) is 35.8 Å². The largest absolute Gasteiger partial charge is 0.299 e. The number of nitriles is 1. The molecule has 0 aliphatic rings. The van der Waals surface area contributed by atoms with E-state index >= 15 is 0 Å². The second-order valence-corrected chi connectivity index (χ2v) is 4.88. The summed E-state index contributed by atoms with van der Waals surface area (Å²) in [7, 11) is 0. The van der Waals surface area contributed by atoms with Gasteiger partial charge in [-0.25, -0.2) is 0 Å². The fraction of sp³-hybridized carbons (Fsp3) is 0.909. The van der Waals surface area contributed by atoms with Crippen molar-refractivity contribution in [3.05, 3.63) is 0 Å². The first-order valence-corrected chi connectivity index (χ1v) is 6.58. The molecule has 0 heterocycles. The van der Waals surface area contributed by atoms with E-state index in [0.717, 1.165) is 18.7 Å². The molecule has 0 fully saturated rings. The number of thioether (sulfide) groups is 1. The van der Waals surface area contributed by atoms with Crippen LogP contribution >= 0.6 is 11.8 Å². The summed E-state index contributed by atoms with van der Waals surface area (Å²) in [6, 6.07) is 2.36. The Balaban J connectivity index is 3.70. The van der Waals surface area contributed by atoms with E-state index in [1.165, 1.54) is 18.6 Å². The lowest BCUT2D eigenvalue weighted by atomic mass is 10.1. The summed E-state index contributed by atoms with van der Waals surface area (Å²) in [6.07, 6.45) is 3.56. The molecule has 0 saturated carbocycles. The molecule has 0 amide bonds. The van der Waals surface area contributed by atoms with Crippen LogP contribution in [0.15, 0.2) is 0 Å². The van der Waals surface area contributed by atoms with Crippen LogP contribution in [0.1, 0.15) is 40.0 Å². The molecular formula is C11H22N2S. The predicted octanol–water partition coefficient (Wildman–Crippen LogP) is 2.80. The van der Waals surface area contributed by atoms with Crippen LogP contribution in [0.25, 0.3) is 0 Å². The molecule has 0 aromatic carbocycles. The van der Waals surface area contributed by atoms with Crippen molar-refractivity contribution in [1.82, 2.24) is 5.32 Å². The maximum absolute atomic E-state index is 9.04. The molecule has 0 spiro atoms. The Morgan fingerprint density at radius 1 is 1.36 bits per heavy atom. The third-order valence-corrected chi connectivity index (χ3v) is 3.40. The second-order valence-electron chi connectivity index (χ2n) is 3.78. The molecular weight excluding hydrogens is 192 g/mol. The van der Waals surface area contributed by atoms with Crippen LogP contribution in [-0.4, -0.2) is 23.6 Å². The van der Waals surface area contributed by atoms with Crippen molar-refractivity contribution < 1.29 is 0 Å². The van der Waals surface area contributed by atoms with Gasteiger partial charge >= 0.3 is 0 Å². The van der Waals surface area contributed by atoms with Crippen molar-refractivity contribution in [1.29, 1.82) is 5.26 Å². The van der Waals surface area contributed by atoms with Crippen molar-refractivity contribution in [3.8, 4) is 6.07 Å². The van der Waals surface area contributed by atoms with E-state index < -0.39 is 0 Å². The third-order valence-electron chi connectivity index (χ3n) is 2.04. The highest BCUT2D eigenvalue weighted by Crippen LogP contribution is 2.14. The summed E-state index contributed by atoms with van der Waals surface area (Å²) >= 11 is 1.87. The molecule has 0 radical (unpaired) electrons. The Morgan fingerprint density at radius 3 is 2.57 bits per heavy atom. The lowest BCUT2D eigenvalue weighted by Gasteiger charge is -2.22. The van der Waals surface area contributed by atoms with Crippen molar-refractivity contribution >= 4 is 11.8 Å². The van der Waals surface area contributed by atoms with Crippen molar-refractivity contribution in [2.75, 3.05) is 18.1 Å². The number of nitrogens with zero attached hydrogens (tertiary/aromatic N) is 1. The Morgan fingerprint density at radius 2 is 2.07 bits per heavy atom. The lowest BCUT2D eigenvalue weighted by molar-refractivity contribution is 0.493. The minimum Gasteiger partial charge on any atom is -0.299 e. The van der Waals surface area contributed by atoms with E-state index in [1.807, 2.05) is 18.7 Å². The van der Waals surface area contributed by atoms with Crippen molar-refractivity contribution in [2.24, 2.45) is 0 Å². The maximum atomic E-state index is 9.04. The average Bonchev–Trinajstić information content (AvgIpc) is 2.22. The quantitative estimate of drug-likeness (QED) is 0.631. The molecule has 3 heteroatoms. The summed E-state index contributed by atoms with van der Waals surface area (Å²) in [4.78, 5) is 0. The Hall–Kier alpha value is -0.200. The molecule has 1 N–H and O–H groups in total. The molecule has 0 aromatic heterocycles. The smallest absolute Gasteiger partial charge is 0.113 e. The molecule has 82 valence electrons. The molecule has 1 atom stereocenters. The Kier molecular flexibility index (Phi) is 8.02. The van der Waals surface area contributed by atoms with E-state index in [4.69, 9.17) is 5.26 Å². The average molecular weight is 214 g/mol. The minimum absolute atomic E-state index is 0.339. The molecule has 0 bridgehead atoms. The first-order valence-electron chi connectivity index (χ1n) is 5.42. The zero-order chi connectivity index (χ0) is 10.9. The zero-order valence-corrected chi connectivity index (χ0v) is 10.4. The molecule has 0 saturated heterocycles. The number of hydrogen-bond acceptors (Lipinski definition) is 3. The van der Waals surface area contributed by atoms with Gasteiger partial charge in [-0.05, 0) is 32.1 Å². The molecule has 0 aromatic rings. The van der Waals surface area contributed by atoms with Gasteiger partial charge in [0.15, 0.2) is 0 Å². The third kappa shape index (κ3) is 6.28. The number of rotatable bonds is 8. The van der Waals surface area contributed by atoms with Gasteiger partial charge in [0.05, 0.1) is 6.07 Å². The number of nitrogens with one attached hydrogen (secondary N) is 1. The van der Waals surface area contributed by atoms with E-state index in [2.05, 4.69) is 25.2 Å². The number of hydrogen-bond donors (Lipinski definition) is 1. The molecule has 1 unspecified atom stereocenters. The van der Waals surface area contributed by atoms with Crippen LogP contribution in [0.5, 0.6) is 0 Å².